The molecular weight excluding hydrogens is 206 g/mol. The van der Waals surface area contributed by atoms with Crippen LogP contribution in [0.4, 0.5) is 0 Å². The highest BCUT2D eigenvalue weighted by molar-refractivity contribution is 5.88. The molecule has 0 aliphatic rings. The Morgan fingerprint density at radius 1 is 1.31 bits per heavy atom. The lowest BCUT2D eigenvalue weighted by Gasteiger charge is -2.00. The first-order valence-corrected chi connectivity index (χ1v) is 4.79. The molecule has 0 unspecified atom stereocenters. The number of aromatic carboxylic acids is 1. The Hall–Kier alpha value is -2.17. The monoisotopic (exact) mass is 217 g/mol. The quantitative estimate of drug-likeness (QED) is 0.827. The molecule has 0 aliphatic carbocycles. The van der Waals surface area contributed by atoms with E-state index in [0.717, 1.165) is 11.4 Å². The molecule has 2 rings (SSSR count). The molecule has 0 fully saturated rings. The molecule has 1 aromatic carbocycles. The van der Waals surface area contributed by atoms with Crippen molar-refractivity contribution in [2.75, 3.05) is 0 Å². The maximum Gasteiger partial charge on any atom is 0.335 e. The van der Waals surface area contributed by atoms with Crippen LogP contribution < -0.4 is 0 Å². The fourth-order valence-corrected chi connectivity index (χ4v) is 1.53. The summed E-state index contributed by atoms with van der Waals surface area (Å²) in [5, 5.41) is 12.9. The van der Waals surface area contributed by atoms with E-state index < -0.39 is 5.97 Å². The first-order valence-electron chi connectivity index (χ1n) is 4.79. The Morgan fingerprint density at radius 2 is 1.94 bits per heavy atom. The maximum atomic E-state index is 10.7. The van der Waals surface area contributed by atoms with Crippen molar-refractivity contribution in [2.45, 2.75) is 6.92 Å². The van der Waals surface area contributed by atoms with Gasteiger partial charge in [0.15, 0.2) is 5.82 Å². The molecule has 2 aromatic rings. The molecule has 0 aliphatic heterocycles. The Morgan fingerprint density at radius 3 is 2.38 bits per heavy atom. The van der Waals surface area contributed by atoms with Crippen molar-refractivity contribution in [3.63, 3.8) is 0 Å². The summed E-state index contributed by atoms with van der Waals surface area (Å²) in [5.41, 5.74) is 1.12. The molecule has 0 bridgehead atoms. The molecule has 5 nitrogen and oxygen atoms in total. The van der Waals surface area contributed by atoms with Gasteiger partial charge in [-0.1, -0.05) is 12.1 Å². The van der Waals surface area contributed by atoms with Gasteiger partial charge in [-0.15, -0.1) is 0 Å². The highest BCUT2D eigenvalue weighted by Gasteiger charge is 2.08. The topological polar surface area (TPSA) is 68.0 Å². The summed E-state index contributed by atoms with van der Waals surface area (Å²) in [6, 6.07) is 6.57. The number of hydrogen-bond donors (Lipinski definition) is 1. The van der Waals surface area contributed by atoms with Gasteiger partial charge in [0, 0.05) is 12.6 Å². The summed E-state index contributed by atoms with van der Waals surface area (Å²) in [6.45, 7) is 1.81. The molecule has 1 N–H and O–H groups in total. The summed E-state index contributed by atoms with van der Waals surface area (Å²) in [4.78, 5) is 14.9. The van der Waals surface area contributed by atoms with Gasteiger partial charge >= 0.3 is 5.97 Å². The van der Waals surface area contributed by atoms with E-state index in [4.69, 9.17) is 5.11 Å². The van der Waals surface area contributed by atoms with Crippen LogP contribution in [0, 0.1) is 6.92 Å². The van der Waals surface area contributed by atoms with Gasteiger partial charge in [-0.3, -0.25) is 0 Å². The minimum Gasteiger partial charge on any atom is -0.478 e. The lowest BCUT2D eigenvalue weighted by molar-refractivity contribution is 0.0697. The average Bonchev–Trinajstić information content (AvgIpc) is 2.58. The zero-order valence-electron chi connectivity index (χ0n) is 9.01. The van der Waals surface area contributed by atoms with Crippen molar-refractivity contribution < 1.29 is 9.90 Å². The van der Waals surface area contributed by atoms with Crippen LogP contribution in [0.15, 0.2) is 24.3 Å². The largest absolute Gasteiger partial charge is 0.478 e. The third-order valence-corrected chi connectivity index (χ3v) is 2.26. The molecular formula is C11H11N3O2. The number of aryl methyl sites for hydroxylation is 2. The number of rotatable bonds is 2. The third-order valence-electron chi connectivity index (χ3n) is 2.26. The van der Waals surface area contributed by atoms with E-state index in [2.05, 4.69) is 10.1 Å². The highest BCUT2D eigenvalue weighted by Crippen LogP contribution is 2.17. The number of carbonyl (C=O) groups is 1. The van der Waals surface area contributed by atoms with E-state index in [-0.39, 0.29) is 5.56 Å². The van der Waals surface area contributed by atoms with Crippen LogP contribution in [0.2, 0.25) is 0 Å². The fraction of sp³-hybridized carbons (Fsp3) is 0.182. The molecule has 0 amide bonds. The van der Waals surface area contributed by atoms with Gasteiger partial charge in [0.1, 0.15) is 5.82 Å². The third kappa shape index (κ3) is 1.79. The van der Waals surface area contributed by atoms with Crippen molar-refractivity contribution in [1.29, 1.82) is 0 Å². The molecule has 1 heterocycles. The summed E-state index contributed by atoms with van der Waals surface area (Å²) in [5.74, 6) is 0.495. The van der Waals surface area contributed by atoms with E-state index >= 15 is 0 Å². The fourth-order valence-electron chi connectivity index (χ4n) is 1.53. The normalized spacial score (nSPS) is 10.4. The summed E-state index contributed by atoms with van der Waals surface area (Å²) >= 11 is 0. The Labute approximate surface area is 92.4 Å². The van der Waals surface area contributed by atoms with E-state index in [9.17, 15) is 4.79 Å². The van der Waals surface area contributed by atoms with Crippen molar-refractivity contribution in [3.8, 4) is 11.4 Å². The van der Waals surface area contributed by atoms with Crippen LogP contribution in [-0.2, 0) is 7.05 Å². The minimum absolute atomic E-state index is 0.266. The summed E-state index contributed by atoms with van der Waals surface area (Å²) < 4.78 is 1.67. The zero-order valence-corrected chi connectivity index (χ0v) is 9.01. The second kappa shape index (κ2) is 3.77. The van der Waals surface area contributed by atoms with Gasteiger partial charge < -0.3 is 5.11 Å². The molecule has 5 heteroatoms. The molecule has 0 spiro atoms. The number of aromatic nitrogens is 3. The predicted molar refractivity (Wildman–Crippen MR) is 58.1 cm³/mol. The lowest BCUT2D eigenvalue weighted by atomic mass is 10.1. The van der Waals surface area contributed by atoms with E-state index in [1.807, 2.05) is 6.92 Å². The molecule has 0 radical (unpaired) electrons. The lowest BCUT2D eigenvalue weighted by Crippen LogP contribution is -1.97. The maximum absolute atomic E-state index is 10.7. The van der Waals surface area contributed by atoms with E-state index in [0.29, 0.717) is 5.82 Å². The summed E-state index contributed by atoms with van der Waals surface area (Å²) in [7, 11) is 1.81. The van der Waals surface area contributed by atoms with Crippen LogP contribution in [0.5, 0.6) is 0 Å². The van der Waals surface area contributed by atoms with E-state index in [1.54, 1.807) is 36.0 Å². The summed E-state index contributed by atoms with van der Waals surface area (Å²) in [6.07, 6.45) is 0. The number of nitrogens with zero attached hydrogens (tertiary/aromatic N) is 3. The van der Waals surface area contributed by atoms with Crippen molar-refractivity contribution in [2.24, 2.45) is 7.05 Å². The Kier molecular flexibility index (Phi) is 2.44. The first-order chi connectivity index (χ1) is 7.58. The SMILES string of the molecule is Cc1nc(-c2ccc(C(=O)O)cc2)n(C)n1. The molecule has 82 valence electrons. The standard InChI is InChI=1S/C11H11N3O2/c1-7-12-10(14(2)13-7)8-3-5-9(6-4-8)11(15)16/h3-6H,1-2H3,(H,15,16). The average molecular weight is 217 g/mol. The van der Waals surface area contributed by atoms with Crippen LogP contribution in [0.25, 0.3) is 11.4 Å². The predicted octanol–water partition coefficient (Wildman–Crippen LogP) is 1.49. The van der Waals surface area contributed by atoms with Crippen LogP contribution in [-0.4, -0.2) is 25.8 Å². The van der Waals surface area contributed by atoms with Gasteiger partial charge in [0.2, 0.25) is 0 Å². The Bertz CT molecular complexity index is 529. The van der Waals surface area contributed by atoms with Gasteiger partial charge in [0.05, 0.1) is 5.56 Å². The van der Waals surface area contributed by atoms with Crippen LogP contribution in [0.3, 0.4) is 0 Å². The molecule has 16 heavy (non-hydrogen) atoms. The Balaban J connectivity index is 2.42. The number of benzene rings is 1. The second-order valence-electron chi connectivity index (χ2n) is 3.49. The van der Waals surface area contributed by atoms with Gasteiger partial charge in [-0.25, -0.2) is 14.5 Å². The molecule has 0 saturated carbocycles. The van der Waals surface area contributed by atoms with Crippen LogP contribution >= 0.6 is 0 Å². The van der Waals surface area contributed by atoms with Crippen LogP contribution in [0.1, 0.15) is 16.2 Å². The number of carboxylic acids is 1. The van der Waals surface area contributed by atoms with Crippen molar-refractivity contribution in [3.05, 3.63) is 35.7 Å². The van der Waals surface area contributed by atoms with Crippen molar-refractivity contribution >= 4 is 5.97 Å². The van der Waals surface area contributed by atoms with Gasteiger partial charge in [-0.2, -0.15) is 5.10 Å². The second-order valence-corrected chi connectivity index (χ2v) is 3.49. The molecule has 1 aromatic heterocycles. The van der Waals surface area contributed by atoms with Gasteiger partial charge in [0.25, 0.3) is 0 Å². The zero-order chi connectivity index (χ0) is 11.7. The number of carboxylic acid groups (broad SMARTS) is 1. The minimum atomic E-state index is -0.930. The van der Waals surface area contributed by atoms with E-state index in [1.165, 1.54) is 0 Å². The molecule has 0 atom stereocenters. The van der Waals surface area contributed by atoms with Crippen molar-refractivity contribution in [1.82, 2.24) is 14.8 Å². The highest BCUT2D eigenvalue weighted by atomic mass is 16.4. The molecule has 0 saturated heterocycles. The first kappa shape index (κ1) is 10.4. The number of hydrogen-bond acceptors (Lipinski definition) is 3. The smallest absolute Gasteiger partial charge is 0.335 e. The van der Waals surface area contributed by atoms with Gasteiger partial charge in [-0.05, 0) is 19.1 Å².